The molecule has 1 aliphatic rings. The van der Waals surface area contributed by atoms with Gasteiger partial charge in [0.25, 0.3) is 0 Å². The molecule has 1 atom stereocenters. The first-order valence-corrected chi connectivity index (χ1v) is 7.51. The molecule has 1 saturated heterocycles. The fourth-order valence-corrected chi connectivity index (χ4v) is 2.70. The molecular weight excluding hydrogens is 250 g/mol. The molecule has 1 aliphatic heterocycles. The smallest absolute Gasteiger partial charge is 0.239 e. The molecule has 1 aromatic rings. The Morgan fingerprint density at radius 2 is 1.85 bits per heavy atom. The molecule has 0 bridgehead atoms. The summed E-state index contributed by atoms with van der Waals surface area (Å²) in [5.74, 6) is 0.0880. The van der Waals surface area contributed by atoms with E-state index in [2.05, 4.69) is 11.8 Å². The lowest BCUT2D eigenvalue weighted by molar-refractivity contribution is -0.134. The average Bonchev–Trinajstić information content (AvgIpc) is 2.48. The lowest BCUT2D eigenvalue weighted by atomic mass is 10.1. The molecule has 1 aromatic carbocycles. The lowest BCUT2D eigenvalue weighted by Crippen LogP contribution is -2.53. The molecule has 2 rings (SSSR count). The van der Waals surface area contributed by atoms with Crippen molar-refractivity contribution in [2.45, 2.75) is 25.8 Å². The Morgan fingerprint density at radius 1 is 1.20 bits per heavy atom. The number of rotatable bonds is 5. The van der Waals surface area contributed by atoms with Gasteiger partial charge in [-0.1, -0.05) is 37.3 Å². The zero-order chi connectivity index (χ0) is 14.4. The zero-order valence-corrected chi connectivity index (χ0v) is 12.3. The first-order valence-electron chi connectivity index (χ1n) is 7.51. The Labute approximate surface area is 121 Å². The fraction of sp³-hybridized carbons (Fsp3) is 0.562. The molecule has 0 radical (unpaired) electrons. The van der Waals surface area contributed by atoms with Crippen LogP contribution in [-0.4, -0.2) is 54.5 Å². The van der Waals surface area contributed by atoms with E-state index < -0.39 is 6.04 Å². The van der Waals surface area contributed by atoms with Gasteiger partial charge in [-0.05, 0) is 24.9 Å². The van der Waals surface area contributed by atoms with E-state index in [1.165, 1.54) is 6.42 Å². The van der Waals surface area contributed by atoms with Crippen molar-refractivity contribution >= 4 is 5.91 Å². The van der Waals surface area contributed by atoms with Crippen LogP contribution in [0.1, 0.15) is 18.9 Å². The number of nitrogens with zero attached hydrogens (tertiary/aromatic N) is 2. The van der Waals surface area contributed by atoms with Crippen LogP contribution in [0.5, 0.6) is 0 Å². The number of hydrogen-bond acceptors (Lipinski definition) is 3. The number of carbonyl (C=O) groups excluding carboxylic acids is 1. The summed E-state index contributed by atoms with van der Waals surface area (Å²) in [6.07, 6.45) is 1.79. The maximum atomic E-state index is 12.3. The molecule has 1 fully saturated rings. The van der Waals surface area contributed by atoms with Crippen molar-refractivity contribution in [3.05, 3.63) is 35.9 Å². The highest BCUT2D eigenvalue weighted by molar-refractivity contribution is 5.82. The van der Waals surface area contributed by atoms with E-state index >= 15 is 0 Å². The largest absolute Gasteiger partial charge is 0.339 e. The molecule has 4 nitrogen and oxygen atoms in total. The van der Waals surface area contributed by atoms with Gasteiger partial charge in [0.2, 0.25) is 5.91 Å². The molecule has 0 aromatic heterocycles. The third-order valence-electron chi connectivity index (χ3n) is 3.84. The molecular formula is C16H25N3O. The van der Waals surface area contributed by atoms with Gasteiger partial charge in [-0.15, -0.1) is 0 Å². The molecule has 20 heavy (non-hydrogen) atoms. The Hall–Kier alpha value is -1.39. The topological polar surface area (TPSA) is 49.6 Å². The molecule has 110 valence electrons. The second-order valence-corrected chi connectivity index (χ2v) is 5.46. The predicted octanol–water partition coefficient (Wildman–Crippen LogP) is 1.11. The van der Waals surface area contributed by atoms with Crippen LogP contribution in [-0.2, 0) is 11.2 Å². The van der Waals surface area contributed by atoms with Gasteiger partial charge in [-0.2, -0.15) is 0 Å². The zero-order valence-electron chi connectivity index (χ0n) is 12.3. The third kappa shape index (κ3) is 4.05. The second kappa shape index (κ2) is 7.41. The van der Waals surface area contributed by atoms with Crippen molar-refractivity contribution < 1.29 is 4.79 Å². The number of piperazine rings is 1. The molecule has 0 unspecified atom stereocenters. The number of benzene rings is 1. The highest BCUT2D eigenvalue weighted by Gasteiger charge is 2.24. The van der Waals surface area contributed by atoms with Crippen molar-refractivity contribution in [1.82, 2.24) is 9.80 Å². The maximum Gasteiger partial charge on any atom is 0.239 e. The molecule has 1 amide bonds. The van der Waals surface area contributed by atoms with Crippen LogP contribution in [0.25, 0.3) is 0 Å². The van der Waals surface area contributed by atoms with Crippen LogP contribution >= 0.6 is 0 Å². The van der Waals surface area contributed by atoms with E-state index in [-0.39, 0.29) is 5.91 Å². The van der Waals surface area contributed by atoms with Crippen molar-refractivity contribution in [3.63, 3.8) is 0 Å². The maximum absolute atomic E-state index is 12.3. The fourth-order valence-electron chi connectivity index (χ4n) is 2.70. The number of hydrogen-bond donors (Lipinski definition) is 1. The van der Waals surface area contributed by atoms with E-state index in [9.17, 15) is 4.79 Å². The van der Waals surface area contributed by atoms with E-state index in [1.54, 1.807) is 0 Å². The Morgan fingerprint density at radius 3 is 2.45 bits per heavy atom. The number of nitrogens with two attached hydrogens (primary N) is 1. The Bertz CT molecular complexity index is 413. The van der Waals surface area contributed by atoms with Gasteiger partial charge in [0.15, 0.2) is 0 Å². The van der Waals surface area contributed by atoms with E-state index in [0.717, 1.165) is 38.3 Å². The summed E-state index contributed by atoms with van der Waals surface area (Å²) >= 11 is 0. The summed E-state index contributed by atoms with van der Waals surface area (Å²) in [4.78, 5) is 16.7. The highest BCUT2D eigenvalue weighted by Crippen LogP contribution is 2.07. The van der Waals surface area contributed by atoms with Crippen LogP contribution < -0.4 is 5.73 Å². The van der Waals surface area contributed by atoms with E-state index in [4.69, 9.17) is 5.73 Å². The summed E-state index contributed by atoms with van der Waals surface area (Å²) in [6, 6.07) is 9.56. The lowest BCUT2D eigenvalue weighted by Gasteiger charge is -2.35. The van der Waals surface area contributed by atoms with Crippen molar-refractivity contribution in [1.29, 1.82) is 0 Å². The molecule has 0 saturated carbocycles. The molecule has 4 heteroatoms. The molecule has 1 heterocycles. The molecule has 0 aliphatic carbocycles. The second-order valence-electron chi connectivity index (χ2n) is 5.46. The van der Waals surface area contributed by atoms with Crippen LogP contribution in [0.15, 0.2) is 30.3 Å². The van der Waals surface area contributed by atoms with Gasteiger partial charge in [0.05, 0.1) is 6.04 Å². The van der Waals surface area contributed by atoms with Gasteiger partial charge in [-0.3, -0.25) is 9.69 Å². The Balaban J connectivity index is 1.82. The van der Waals surface area contributed by atoms with E-state index in [1.807, 2.05) is 35.2 Å². The van der Waals surface area contributed by atoms with Crippen LogP contribution in [0.3, 0.4) is 0 Å². The molecule has 0 spiro atoms. The summed E-state index contributed by atoms with van der Waals surface area (Å²) in [6.45, 7) is 6.86. The summed E-state index contributed by atoms with van der Waals surface area (Å²) in [5, 5.41) is 0. The summed E-state index contributed by atoms with van der Waals surface area (Å²) < 4.78 is 0. The van der Waals surface area contributed by atoms with Gasteiger partial charge >= 0.3 is 0 Å². The average molecular weight is 275 g/mol. The normalized spacial score (nSPS) is 18.0. The van der Waals surface area contributed by atoms with Gasteiger partial charge in [0, 0.05) is 26.2 Å². The highest BCUT2D eigenvalue weighted by atomic mass is 16.2. The first kappa shape index (κ1) is 15.0. The predicted molar refractivity (Wildman–Crippen MR) is 81.4 cm³/mol. The number of amides is 1. The van der Waals surface area contributed by atoms with Crippen molar-refractivity contribution in [3.8, 4) is 0 Å². The SMILES string of the molecule is CCCN1CCN(C(=O)[C@H](N)Cc2ccccc2)CC1. The minimum absolute atomic E-state index is 0.0880. The van der Waals surface area contributed by atoms with Gasteiger partial charge < -0.3 is 10.6 Å². The quantitative estimate of drug-likeness (QED) is 0.876. The summed E-state index contributed by atoms with van der Waals surface area (Å²) in [5.41, 5.74) is 7.19. The standard InChI is InChI=1S/C16H25N3O/c1-2-8-18-9-11-19(12-10-18)16(20)15(17)13-14-6-4-3-5-7-14/h3-7,15H,2,8-13,17H2,1H3/t15-/m1/s1. The van der Waals surface area contributed by atoms with Crippen LogP contribution in [0.4, 0.5) is 0 Å². The van der Waals surface area contributed by atoms with Gasteiger partial charge in [0.1, 0.15) is 0 Å². The minimum Gasteiger partial charge on any atom is -0.339 e. The number of carbonyl (C=O) groups is 1. The molecule has 2 N–H and O–H groups in total. The first-order chi connectivity index (χ1) is 9.70. The van der Waals surface area contributed by atoms with Crippen LogP contribution in [0.2, 0.25) is 0 Å². The van der Waals surface area contributed by atoms with Gasteiger partial charge in [-0.25, -0.2) is 0 Å². The van der Waals surface area contributed by atoms with Crippen molar-refractivity contribution in [2.24, 2.45) is 5.73 Å². The van der Waals surface area contributed by atoms with Crippen LogP contribution in [0, 0.1) is 0 Å². The van der Waals surface area contributed by atoms with E-state index in [0.29, 0.717) is 6.42 Å². The Kier molecular flexibility index (Phi) is 5.56. The van der Waals surface area contributed by atoms with Crippen molar-refractivity contribution in [2.75, 3.05) is 32.7 Å². The summed E-state index contributed by atoms with van der Waals surface area (Å²) in [7, 11) is 0. The monoisotopic (exact) mass is 275 g/mol. The third-order valence-corrected chi connectivity index (χ3v) is 3.84. The minimum atomic E-state index is -0.421.